The molecule has 0 amide bonds. The van der Waals surface area contributed by atoms with E-state index in [9.17, 15) is 0 Å². The molecule has 0 saturated carbocycles. The first-order valence-electron chi connectivity index (χ1n) is 12.2. The van der Waals surface area contributed by atoms with Crippen molar-refractivity contribution in [2.75, 3.05) is 0 Å². The molecule has 0 fully saturated rings. The highest BCUT2D eigenvalue weighted by atomic mass is 15.3. The van der Waals surface area contributed by atoms with E-state index in [2.05, 4.69) is 141 Å². The molecule has 4 rings (SSSR count). The molecule has 2 unspecified atom stereocenters. The number of hydrazone groups is 1. The Morgan fingerprint density at radius 3 is 1.94 bits per heavy atom. The Hall–Kier alpha value is -3.85. The second kappa shape index (κ2) is 10.2. The summed E-state index contributed by atoms with van der Waals surface area (Å²) in [6, 6.07) is 27.5. The zero-order valence-electron chi connectivity index (χ0n) is 21.1. The van der Waals surface area contributed by atoms with Crippen LogP contribution in [0.3, 0.4) is 0 Å². The van der Waals surface area contributed by atoms with E-state index in [-0.39, 0.29) is 17.4 Å². The average Bonchev–Trinajstić information content (AvgIpc) is 2.88. The van der Waals surface area contributed by atoms with Crippen LogP contribution in [0.4, 0.5) is 0 Å². The van der Waals surface area contributed by atoms with Crippen LogP contribution in [0.2, 0.25) is 0 Å². The molecule has 1 aliphatic carbocycles. The van der Waals surface area contributed by atoms with Crippen LogP contribution < -0.4 is 5.84 Å². The highest BCUT2D eigenvalue weighted by Crippen LogP contribution is 2.31. The lowest BCUT2D eigenvalue weighted by Crippen LogP contribution is -2.42. The van der Waals surface area contributed by atoms with Crippen molar-refractivity contribution in [3.63, 3.8) is 0 Å². The van der Waals surface area contributed by atoms with Crippen molar-refractivity contribution in [3.05, 3.63) is 126 Å². The number of allylic oxidation sites excluding steroid dienone is 2. The molecule has 178 valence electrons. The van der Waals surface area contributed by atoms with Gasteiger partial charge < -0.3 is 10.7 Å². The summed E-state index contributed by atoms with van der Waals surface area (Å²) in [5, 5.41) is 4.30. The van der Waals surface area contributed by atoms with Gasteiger partial charge in [-0.1, -0.05) is 137 Å². The Labute approximate surface area is 210 Å². The van der Waals surface area contributed by atoms with Crippen molar-refractivity contribution in [3.8, 4) is 11.1 Å². The van der Waals surface area contributed by atoms with Crippen molar-refractivity contribution in [2.24, 2.45) is 16.9 Å². The van der Waals surface area contributed by atoms with Crippen LogP contribution in [-0.2, 0) is 5.41 Å². The fourth-order valence-corrected chi connectivity index (χ4v) is 4.50. The summed E-state index contributed by atoms with van der Waals surface area (Å²) >= 11 is 0. The van der Waals surface area contributed by atoms with Crippen molar-refractivity contribution in [1.29, 1.82) is 0 Å². The molecule has 35 heavy (non-hydrogen) atoms. The topological polar surface area (TPSA) is 41.6 Å². The van der Waals surface area contributed by atoms with Crippen LogP contribution in [-0.4, -0.2) is 16.8 Å². The van der Waals surface area contributed by atoms with E-state index in [1.165, 1.54) is 16.7 Å². The maximum Gasteiger partial charge on any atom is 0.160 e. The van der Waals surface area contributed by atoms with Crippen LogP contribution in [0, 0.1) is 5.92 Å². The lowest BCUT2D eigenvalue weighted by Gasteiger charge is -2.37. The van der Waals surface area contributed by atoms with Crippen molar-refractivity contribution < 1.29 is 0 Å². The van der Waals surface area contributed by atoms with Crippen LogP contribution in [0.25, 0.3) is 16.8 Å². The van der Waals surface area contributed by atoms with Gasteiger partial charge in [-0.05, 0) is 33.6 Å². The lowest BCUT2D eigenvalue weighted by atomic mass is 9.86. The molecule has 0 heterocycles. The zero-order chi connectivity index (χ0) is 25.0. The second-order valence-electron chi connectivity index (χ2n) is 10.2. The summed E-state index contributed by atoms with van der Waals surface area (Å²) in [5.41, 5.74) is 6.59. The molecule has 0 spiro atoms. The number of hydrogen-bond donors (Lipinski definition) is 1. The van der Waals surface area contributed by atoms with Crippen molar-refractivity contribution in [2.45, 2.75) is 39.2 Å². The van der Waals surface area contributed by atoms with Crippen molar-refractivity contribution in [1.82, 2.24) is 4.90 Å². The molecule has 1 aliphatic rings. The number of nitrogens with two attached hydrogens (primary N) is 1. The Bertz CT molecular complexity index is 1240. The Morgan fingerprint density at radius 1 is 0.800 bits per heavy atom. The fraction of sp³-hybridized carbons (Fsp3) is 0.219. The van der Waals surface area contributed by atoms with E-state index >= 15 is 0 Å². The predicted molar refractivity (Wildman–Crippen MR) is 150 cm³/mol. The highest BCUT2D eigenvalue weighted by molar-refractivity contribution is 6.03. The predicted octanol–water partition coefficient (Wildman–Crippen LogP) is 7.38. The molecular weight excluding hydrogens is 426 g/mol. The lowest BCUT2D eigenvalue weighted by molar-refractivity contribution is 0.408. The summed E-state index contributed by atoms with van der Waals surface area (Å²) in [6.45, 7) is 13.4. The van der Waals surface area contributed by atoms with Gasteiger partial charge in [0.25, 0.3) is 0 Å². The molecule has 0 bridgehead atoms. The van der Waals surface area contributed by atoms with Gasteiger partial charge >= 0.3 is 0 Å². The minimum Gasteiger partial charge on any atom is -0.321 e. The smallest absolute Gasteiger partial charge is 0.160 e. The van der Waals surface area contributed by atoms with Crippen LogP contribution >= 0.6 is 0 Å². The minimum absolute atomic E-state index is 0.0471. The van der Waals surface area contributed by atoms with E-state index in [1.807, 2.05) is 6.07 Å². The summed E-state index contributed by atoms with van der Waals surface area (Å²) in [5.74, 6) is 7.04. The van der Waals surface area contributed by atoms with Gasteiger partial charge in [0.05, 0.1) is 6.04 Å². The van der Waals surface area contributed by atoms with Crippen LogP contribution in [0.15, 0.2) is 115 Å². The molecule has 0 radical (unpaired) electrons. The normalized spacial score (nSPS) is 17.9. The minimum atomic E-state index is 0.0471. The first-order chi connectivity index (χ1) is 16.8. The van der Waals surface area contributed by atoms with Crippen LogP contribution in [0.1, 0.15) is 44.4 Å². The third-order valence-electron chi connectivity index (χ3n) is 6.65. The number of nitrogens with zero attached hydrogens (tertiary/aromatic N) is 2. The largest absolute Gasteiger partial charge is 0.321 e. The van der Waals surface area contributed by atoms with E-state index in [4.69, 9.17) is 5.84 Å². The average molecular weight is 462 g/mol. The number of hydrogen-bond acceptors (Lipinski definition) is 2. The summed E-state index contributed by atoms with van der Waals surface area (Å²) in [7, 11) is 0. The van der Waals surface area contributed by atoms with Crippen molar-refractivity contribution >= 4 is 11.5 Å². The maximum absolute atomic E-state index is 6.06. The van der Waals surface area contributed by atoms with E-state index in [1.54, 1.807) is 0 Å². The van der Waals surface area contributed by atoms with Gasteiger partial charge in [-0.2, -0.15) is 5.10 Å². The highest BCUT2D eigenvalue weighted by Gasteiger charge is 2.29. The Morgan fingerprint density at radius 2 is 1.37 bits per heavy atom. The van der Waals surface area contributed by atoms with Gasteiger partial charge in [0, 0.05) is 11.3 Å². The molecule has 2 atom stereocenters. The molecular formula is C32H35N3. The molecule has 0 aromatic heterocycles. The molecule has 0 saturated heterocycles. The van der Waals surface area contributed by atoms with Crippen LogP contribution in [0.5, 0.6) is 0 Å². The van der Waals surface area contributed by atoms with E-state index < -0.39 is 0 Å². The molecule has 3 heteroatoms. The van der Waals surface area contributed by atoms with E-state index in [0.717, 1.165) is 16.8 Å². The third-order valence-corrected chi connectivity index (χ3v) is 6.65. The molecule has 3 aromatic carbocycles. The number of benzene rings is 3. The SMILES string of the molecule is C=C(c1ccc(-c2ccccc2)cc1)N(/C(=N\N)c1ccc(C(C)(C)C)cc1)C1C=CC=CC1C. The van der Waals surface area contributed by atoms with Gasteiger partial charge in [0.2, 0.25) is 0 Å². The van der Waals surface area contributed by atoms with Gasteiger partial charge in [-0.3, -0.25) is 0 Å². The number of rotatable bonds is 5. The first-order valence-corrected chi connectivity index (χ1v) is 12.2. The first kappa shape index (κ1) is 24.3. The Kier molecular flexibility index (Phi) is 7.07. The molecule has 0 aliphatic heterocycles. The standard InChI is InChI=1S/C32H35N3/c1-23-11-9-10-14-30(23)35(31(34-33)28-19-21-29(22-20-28)32(3,4)5)24(2)25-15-17-27(18-16-25)26-12-7-6-8-13-26/h6-23,30H,2,33H2,1,3-5H3/b34-31-. The maximum atomic E-state index is 6.06. The second-order valence-corrected chi connectivity index (χ2v) is 10.2. The zero-order valence-corrected chi connectivity index (χ0v) is 21.1. The van der Waals surface area contributed by atoms with Gasteiger partial charge in [0.1, 0.15) is 0 Å². The summed E-state index contributed by atoms with van der Waals surface area (Å²) < 4.78 is 0. The summed E-state index contributed by atoms with van der Waals surface area (Å²) in [6.07, 6.45) is 8.58. The number of amidine groups is 1. The summed E-state index contributed by atoms with van der Waals surface area (Å²) in [4.78, 5) is 2.17. The molecule has 3 aromatic rings. The third kappa shape index (κ3) is 5.30. The van der Waals surface area contributed by atoms with Gasteiger partial charge in [0.15, 0.2) is 5.84 Å². The monoisotopic (exact) mass is 461 g/mol. The van der Waals surface area contributed by atoms with Gasteiger partial charge in [-0.25, -0.2) is 0 Å². The Balaban J connectivity index is 1.72. The quantitative estimate of drug-likeness (QED) is 0.186. The molecule has 2 N–H and O–H groups in total. The fourth-order valence-electron chi connectivity index (χ4n) is 4.50. The van der Waals surface area contributed by atoms with E-state index in [0.29, 0.717) is 5.84 Å². The molecule has 3 nitrogen and oxygen atoms in total. The van der Waals surface area contributed by atoms with Gasteiger partial charge in [-0.15, -0.1) is 0 Å².